The molecule has 0 saturated heterocycles. The lowest BCUT2D eigenvalue weighted by Crippen LogP contribution is -2.28. The van der Waals surface area contributed by atoms with Crippen LogP contribution < -0.4 is 4.90 Å². The number of unbranched alkanes of at least 4 members (excludes halogenated alkanes) is 1. The Labute approximate surface area is 94.9 Å². The van der Waals surface area contributed by atoms with Gasteiger partial charge < -0.3 is 10.0 Å². The molecule has 0 amide bonds. The minimum absolute atomic E-state index is 0.119. The van der Waals surface area contributed by atoms with Crippen LogP contribution in [0.5, 0.6) is 0 Å². The van der Waals surface area contributed by atoms with Crippen LogP contribution in [-0.4, -0.2) is 35.0 Å². The second-order valence-corrected chi connectivity index (χ2v) is 3.67. The van der Waals surface area contributed by atoms with Gasteiger partial charge in [-0.05, 0) is 18.6 Å². The molecule has 1 aromatic rings. The normalized spacial score (nSPS) is 10.3. The summed E-state index contributed by atoms with van der Waals surface area (Å²) in [4.78, 5) is 2.01. The monoisotopic (exact) mass is 229 g/mol. The number of halogens is 1. The van der Waals surface area contributed by atoms with Crippen LogP contribution in [0.15, 0.2) is 12.1 Å². The average molecular weight is 230 g/mol. The van der Waals surface area contributed by atoms with Crippen molar-refractivity contribution in [2.24, 2.45) is 0 Å². The van der Waals surface area contributed by atoms with E-state index in [1.165, 1.54) is 0 Å². The highest BCUT2D eigenvalue weighted by molar-refractivity contribution is 6.29. The van der Waals surface area contributed by atoms with E-state index in [4.69, 9.17) is 16.7 Å². The molecular weight excluding hydrogens is 214 g/mol. The molecular formula is C10H16ClN3O. The van der Waals surface area contributed by atoms with Crippen molar-refractivity contribution in [1.29, 1.82) is 0 Å². The van der Waals surface area contributed by atoms with Crippen LogP contribution in [0.4, 0.5) is 5.82 Å². The third-order valence-corrected chi connectivity index (χ3v) is 2.30. The lowest BCUT2D eigenvalue weighted by atomic mass is 10.3. The van der Waals surface area contributed by atoms with Crippen molar-refractivity contribution >= 4 is 17.4 Å². The van der Waals surface area contributed by atoms with Crippen molar-refractivity contribution in [2.45, 2.75) is 19.8 Å². The predicted octanol–water partition coefficient (Wildman–Crippen LogP) is 1.73. The lowest BCUT2D eigenvalue weighted by Gasteiger charge is -2.21. The van der Waals surface area contributed by atoms with Crippen LogP contribution in [0.2, 0.25) is 5.15 Å². The van der Waals surface area contributed by atoms with Crippen LogP contribution in [0.3, 0.4) is 0 Å². The number of rotatable bonds is 6. The van der Waals surface area contributed by atoms with Gasteiger partial charge in [0.1, 0.15) is 0 Å². The van der Waals surface area contributed by atoms with Crippen molar-refractivity contribution in [3.63, 3.8) is 0 Å². The molecule has 0 aliphatic carbocycles. The van der Waals surface area contributed by atoms with Crippen LogP contribution in [0.1, 0.15) is 19.8 Å². The molecule has 1 N–H and O–H groups in total. The maximum Gasteiger partial charge on any atom is 0.151 e. The summed E-state index contributed by atoms with van der Waals surface area (Å²) < 4.78 is 0. The fourth-order valence-corrected chi connectivity index (χ4v) is 1.39. The Hall–Kier alpha value is -0.870. The maximum absolute atomic E-state index is 8.94. The zero-order valence-corrected chi connectivity index (χ0v) is 9.61. The zero-order valence-electron chi connectivity index (χ0n) is 8.86. The maximum atomic E-state index is 8.94. The molecule has 0 saturated carbocycles. The van der Waals surface area contributed by atoms with E-state index in [0.717, 1.165) is 25.2 Å². The molecule has 0 aliphatic heterocycles. The molecule has 1 aromatic heterocycles. The van der Waals surface area contributed by atoms with Crippen LogP contribution in [0, 0.1) is 0 Å². The van der Waals surface area contributed by atoms with E-state index in [9.17, 15) is 0 Å². The van der Waals surface area contributed by atoms with Crippen molar-refractivity contribution in [3.8, 4) is 0 Å². The van der Waals surface area contributed by atoms with Crippen molar-refractivity contribution in [3.05, 3.63) is 17.3 Å². The highest BCUT2D eigenvalue weighted by Crippen LogP contribution is 2.12. The van der Waals surface area contributed by atoms with E-state index >= 15 is 0 Å². The van der Waals surface area contributed by atoms with Crippen LogP contribution >= 0.6 is 11.6 Å². The number of aliphatic hydroxyl groups excluding tert-OH is 1. The zero-order chi connectivity index (χ0) is 11.1. The molecule has 0 spiro atoms. The van der Waals surface area contributed by atoms with Gasteiger partial charge in [0, 0.05) is 13.1 Å². The van der Waals surface area contributed by atoms with Crippen molar-refractivity contribution in [2.75, 3.05) is 24.6 Å². The molecule has 1 heterocycles. The van der Waals surface area contributed by atoms with Gasteiger partial charge in [0.05, 0.1) is 6.61 Å². The Balaban J connectivity index is 2.65. The third kappa shape index (κ3) is 4.01. The molecule has 0 aromatic carbocycles. The quantitative estimate of drug-likeness (QED) is 0.807. The molecule has 0 unspecified atom stereocenters. The van der Waals surface area contributed by atoms with Crippen molar-refractivity contribution in [1.82, 2.24) is 10.2 Å². The SMILES string of the molecule is CCCCN(CCO)c1ccc(Cl)nn1. The van der Waals surface area contributed by atoms with Gasteiger partial charge in [-0.2, -0.15) is 0 Å². The number of hydrogen-bond acceptors (Lipinski definition) is 4. The molecule has 15 heavy (non-hydrogen) atoms. The van der Waals surface area contributed by atoms with E-state index in [2.05, 4.69) is 17.1 Å². The van der Waals surface area contributed by atoms with Gasteiger partial charge in [0.2, 0.25) is 0 Å². The number of aliphatic hydroxyl groups is 1. The summed E-state index contributed by atoms with van der Waals surface area (Å²) in [6.45, 7) is 3.71. The Morgan fingerprint density at radius 3 is 2.67 bits per heavy atom. The van der Waals surface area contributed by atoms with E-state index in [1.54, 1.807) is 6.07 Å². The summed E-state index contributed by atoms with van der Waals surface area (Å²) in [5, 5.41) is 17.1. The van der Waals surface area contributed by atoms with Gasteiger partial charge in [-0.25, -0.2) is 0 Å². The summed E-state index contributed by atoms with van der Waals surface area (Å²) in [7, 11) is 0. The Bertz CT molecular complexity index is 279. The Morgan fingerprint density at radius 1 is 1.33 bits per heavy atom. The van der Waals surface area contributed by atoms with Gasteiger partial charge in [-0.3, -0.25) is 0 Å². The lowest BCUT2D eigenvalue weighted by molar-refractivity contribution is 0.301. The summed E-state index contributed by atoms with van der Waals surface area (Å²) in [6.07, 6.45) is 2.19. The van der Waals surface area contributed by atoms with E-state index in [0.29, 0.717) is 11.7 Å². The molecule has 0 radical (unpaired) electrons. The van der Waals surface area contributed by atoms with Crippen LogP contribution in [0.25, 0.3) is 0 Å². The molecule has 5 heteroatoms. The second kappa shape index (κ2) is 6.58. The first kappa shape index (κ1) is 12.2. The number of aromatic nitrogens is 2. The van der Waals surface area contributed by atoms with E-state index < -0.39 is 0 Å². The van der Waals surface area contributed by atoms with E-state index in [1.807, 2.05) is 11.0 Å². The van der Waals surface area contributed by atoms with Gasteiger partial charge in [-0.1, -0.05) is 24.9 Å². The topological polar surface area (TPSA) is 49.2 Å². The highest BCUT2D eigenvalue weighted by Gasteiger charge is 2.06. The Kier molecular flexibility index (Phi) is 5.36. The molecule has 0 fully saturated rings. The smallest absolute Gasteiger partial charge is 0.151 e. The molecule has 0 bridgehead atoms. The largest absolute Gasteiger partial charge is 0.395 e. The van der Waals surface area contributed by atoms with E-state index in [-0.39, 0.29) is 6.61 Å². The molecule has 1 rings (SSSR count). The number of hydrogen-bond donors (Lipinski definition) is 1. The van der Waals surface area contributed by atoms with Crippen LogP contribution in [-0.2, 0) is 0 Å². The highest BCUT2D eigenvalue weighted by atomic mass is 35.5. The summed E-state index contributed by atoms with van der Waals surface area (Å²) in [5.41, 5.74) is 0. The minimum atomic E-state index is 0.119. The van der Waals surface area contributed by atoms with Gasteiger partial charge >= 0.3 is 0 Å². The van der Waals surface area contributed by atoms with Crippen molar-refractivity contribution < 1.29 is 5.11 Å². The summed E-state index contributed by atoms with van der Waals surface area (Å²) >= 11 is 5.66. The molecule has 84 valence electrons. The molecule has 4 nitrogen and oxygen atoms in total. The standard InChI is InChI=1S/C10H16ClN3O/c1-2-3-6-14(7-8-15)10-5-4-9(11)12-13-10/h4-5,15H,2-3,6-8H2,1H3. The summed E-state index contributed by atoms with van der Waals surface area (Å²) in [6, 6.07) is 3.53. The minimum Gasteiger partial charge on any atom is -0.395 e. The fourth-order valence-electron chi connectivity index (χ4n) is 1.29. The molecule has 0 atom stereocenters. The van der Waals surface area contributed by atoms with Gasteiger partial charge in [-0.15, -0.1) is 10.2 Å². The van der Waals surface area contributed by atoms with Gasteiger partial charge in [0.15, 0.2) is 11.0 Å². The average Bonchev–Trinajstić information content (AvgIpc) is 2.25. The first-order valence-electron chi connectivity index (χ1n) is 5.13. The third-order valence-electron chi connectivity index (χ3n) is 2.09. The number of nitrogens with zero attached hydrogens (tertiary/aromatic N) is 3. The summed E-state index contributed by atoms with van der Waals surface area (Å²) in [5.74, 6) is 0.766. The number of anilines is 1. The predicted molar refractivity (Wildman–Crippen MR) is 61.2 cm³/mol. The first-order valence-corrected chi connectivity index (χ1v) is 5.50. The first-order chi connectivity index (χ1) is 7.27. The Morgan fingerprint density at radius 2 is 2.13 bits per heavy atom. The van der Waals surface area contributed by atoms with Gasteiger partial charge in [0.25, 0.3) is 0 Å². The fraction of sp³-hybridized carbons (Fsp3) is 0.600. The second-order valence-electron chi connectivity index (χ2n) is 3.28. The molecule has 0 aliphatic rings.